The number of alkyl halides is 3. The fraction of sp³-hybridized carbons (Fsp3) is 0.250. The smallest absolute Gasteiger partial charge is 0.487 e. The average molecular weight is 546 g/mol. The molecule has 1 saturated carbocycles. The summed E-state index contributed by atoms with van der Waals surface area (Å²) in [6.45, 7) is 2.05. The van der Waals surface area contributed by atoms with E-state index in [1.807, 2.05) is 37.3 Å². The normalized spacial score (nSPS) is 19.7. The van der Waals surface area contributed by atoms with Crippen LogP contribution in [0.5, 0.6) is 11.5 Å². The van der Waals surface area contributed by atoms with Crippen LogP contribution in [-0.4, -0.2) is 18.9 Å². The van der Waals surface area contributed by atoms with Gasteiger partial charge in [-0.2, -0.15) is 21.6 Å². The summed E-state index contributed by atoms with van der Waals surface area (Å²) in [6, 6.07) is 20.9. The molecule has 0 unspecified atom stereocenters. The fourth-order valence-electron chi connectivity index (χ4n) is 5.09. The Morgan fingerprint density at radius 1 is 0.974 bits per heavy atom. The van der Waals surface area contributed by atoms with Crippen molar-refractivity contribution in [2.45, 2.75) is 37.3 Å². The van der Waals surface area contributed by atoms with E-state index in [1.54, 1.807) is 18.2 Å². The van der Waals surface area contributed by atoms with Gasteiger partial charge in [-0.3, -0.25) is 0 Å². The second kappa shape index (κ2) is 9.58. The molecule has 0 aliphatic heterocycles. The van der Waals surface area contributed by atoms with Crippen LogP contribution in [0, 0.1) is 11.7 Å². The maximum Gasteiger partial charge on any atom is 0.534 e. The van der Waals surface area contributed by atoms with Crippen LogP contribution in [-0.2, 0) is 22.1 Å². The lowest BCUT2D eigenvalue weighted by molar-refractivity contribution is -0.0500. The molecule has 1 aliphatic rings. The van der Waals surface area contributed by atoms with Gasteiger partial charge in [-0.15, -0.1) is 0 Å². The molecular formula is C28H23F4NO4S. The highest BCUT2D eigenvalue weighted by atomic mass is 32.2. The maximum absolute atomic E-state index is 13.5. The molecule has 1 heterocycles. The summed E-state index contributed by atoms with van der Waals surface area (Å²) in [4.78, 5) is 4.46. The second-order valence-electron chi connectivity index (χ2n) is 9.53. The Hall–Kier alpha value is -3.66. The first-order valence-corrected chi connectivity index (χ1v) is 13.3. The van der Waals surface area contributed by atoms with Crippen LogP contribution in [0.3, 0.4) is 0 Å². The van der Waals surface area contributed by atoms with E-state index < -0.39 is 26.8 Å². The van der Waals surface area contributed by atoms with Gasteiger partial charge in [-0.05, 0) is 66.8 Å². The average Bonchev–Trinajstić information content (AvgIpc) is 2.86. The Kier molecular flexibility index (Phi) is 6.54. The van der Waals surface area contributed by atoms with E-state index in [2.05, 4.69) is 9.17 Å². The number of hydrogen-bond donors (Lipinski definition) is 0. The summed E-state index contributed by atoms with van der Waals surface area (Å²) < 4.78 is 87.4. The van der Waals surface area contributed by atoms with Gasteiger partial charge in [0.15, 0.2) is 0 Å². The van der Waals surface area contributed by atoms with Gasteiger partial charge < -0.3 is 8.92 Å². The van der Waals surface area contributed by atoms with E-state index >= 15 is 0 Å². The van der Waals surface area contributed by atoms with Gasteiger partial charge >= 0.3 is 15.6 Å². The Bertz CT molecular complexity index is 1580. The number of ether oxygens (including phenoxy) is 1. The second-order valence-corrected chi connectivity index (χ2v) is 11.1. The van der Waals surface area contributed by atoms with E-state index in [0.29, 0.717) is 40.8 Å². The van der Waals surface area contributed by atoms with E-state index in [-0.39, 0.29) is 18.3 Å². The molecule has 0 saturated heterocycles. The van der Waals surface area contributed by atoms with Gasteiger partial charge in [0.25, 0.3) is 0 Å². The van der Waals surface area contributed by atoms with Crippen molar-refractivity contribution in [3.63, 3.8) is 0 Å². The molecular weight excluding hydrogens is 522 g/mol. The Labute approximate surface area is 217 Å². The van der Waals surface area contributed by atoms with Crippen LogP contribution in [0.15, 0.2) is 78.9 Å². The Morgan fingerprint density at radius 3 is 2.39 bits per heavy atom. The third-order valence-corrected chi connectivity index (χ3v) is 7.73. The zero-order valence-electron chi connectivity index (χ0n) is 20.2. The minimum Gasteiger partial charge on any atom is -0.487 e. The monoisotopic (exact) mass is 545 g/mol. The first kappa shape index (κ1) is 26.0. The SMILES string of the molecule is CC1CC(c2ccccc2)(c2cc(OCc3ccc4cc(F)ccc4n3)ccc2OS(=O)(=O)C(F)(F)F)C1. The summed E-state index contributed by atoms with van der Waals surface area (Å²) in [6.07, 6.45) is 1.18. The van der Waals surface area contributed by atoms with Gasteiger partial charge in [0.2, 0.25) is 0 Å². The molecule has 198 valence electrons. The number of fused-ring (bicyclic) bond motifs is 1. The molecule has 38 heavy (non-hydrogen) atoms. The highest BCUT2D eigenvalue weighted by Crippen LogP contribution is 2.55. The van der Waals surface area contributed by atoms with Crippen LogP contribution < -0.4 is 8.92 Å². The highest BCUT2D eigenvalue weighted by molar-refractivity contribution is 7.88. The van der Waals surface area contributed by atoms with Gasteiger partial charge in [0.1, 0.15) is 23.9 Å². The largest absolute Gasteiger partial charge is 0.534 e. The van der Waals surface area contributed by atoms with E-state index in [4.69, 9.17) is 4.74 Å². The zero-order chi connectivity index (χ0) is 27.1. The molecule has 0 amide bonds. The van der Waals surface area contributed by atoms with E-state index in [0.717, 1.165) is 5.56 Å². The number of pyridine rings is 1. The van der Waals surface area contributed by atoms with Crippen LogP contribution in [0.1, 0.15) is 36.6 Å². The molecule has 0 radical (unpaired) electrons. The van der Waals surface area contributed by atoms with Gasteiger partial charge in [0.05, 0.1) is 11.2 Å². The predicted octanol–water partition coefficient (Wildman–Crippen LogP) is 6.90. The van der Waals surface area contributed by atoms with Crippen molar-refractivity contribution in [3.8, 4) is 11.5 Å². The molecule has 0 N–H and O–H groups in total. The molecule has 4 aromatic rings. The minimum absolute atomic E-state index is 0.0303. The molecule has 1 fully saturated rings. The lowest BCUT2D eigenvalue weighted by Crippen LogP contribution is -2.42. The van der Waals surface area contributed by atoms with Gasteiger partial charge in [-0.1, -0.05) is 43.3 Å². The van der Waals surface area contributed by atoms with E-state index in [9.17, 15) is 26.0 Å². The number of rotatable bonds is 7. The van der Waals surface area contributed by atoms with Crippen molar-refractivity contribution in [2.75, 3.05) is 0 Å². The molecule has 5 rings (SSSR count). The highest BCUT2D eigenvalue weighted by Gasteiger charge is 2.51. The lowest BCUT2D eigenvalue weighted by atomic mass is 9.56. The third-order valence-electron chi connectivity index (χ3n) is 6.77. The van der Waals surface area contributed by atoms with Crippen LogP contribution in [0.2, 0.25) is 0 Å². The minimum atomic E-state index is -5.88. The summed E-state index contributed by atoms with van der Waals surface area (Å²) in [5.41, 5.74) is -4.04. The van der Waals surface area contributed by atoms with Crippen LogP contribution in [0.25, 0.3) is 10.9 Å². The predicted molar refractivity (Wildman–Crippen MR) is 134 cm³/mol. The number of halogens is 4. The molecule has 0 bridgehead atoms. The molecule has 10 heteroatoms. The van der Waals surface area contributed by atoms with Crippen molar-refractivity contribution >= 4 is 21.0 Å². The van der Waals surface area contributed by atoms with Gasteiger partial charge in [0, 0.05) is 16.4 Å². The molecule has 0 atom stereocenters. The molecule has 1 aromatic heterocycles. The molecule has 1 aliphatic carbocycles. The van der Waals surface area contributed by atoms with E-state index in [1.165, 1.54) is 30.3 Å². The molecule has 5 nitrogen and oxygen atoms in total. The Balaban J connectivity index is 1.51. The number of nitrogens with zero attached hydrogens (tertiary/aromatic N) is 1. The van der Waals surface area contributed by atoms with Gasteiger partial charge in [-0.25, -0.2) is 9.37 Å². The fourth-order valence-corrected chi connectivity index (χ4v) is 5.56. The molecule has 0 spiro atoms. The summed E-state index contributed by atoms with van der Waals surface area (Å²) in [5, 5.41) is 0.632. The quantitative estimate of drug-likeness (QED) is 0.144. The van der Waals surface area contributed by atoms with Crippen molar-refractivity contribution in [1.29, 1.82) is 0 Å². The summed E-state index contributed by atoms with van der Waals surface area (Å²) in [7, 11) is -5.88. The summed E-state index contributed by atoms with van der Waals surface area (Å²) in [5.74, 6) is -0.189. The first-order chi connectivity index (χ1) is 18.0. The Morgan fingerprint density at radius 2 is 1.71 bits per heavy atom. The first-order valence-electron chi connectivity index (χ1n) is 11.9. The maximum atomic E-state index is 13.5. The number of benzene rings is 3. The van der Waals surface area contributed by atoms with Crippen LogP contribution >= 0.6 is 0 Å². The standard InChI is InChI=1S/C28H23F4NO4S/c1-18-15-27(16-18,20-5-3-2-4-6-20)24-14-23(10-12-26(24)37-38(34,35)28(30,31)32)36-17-22-9-7-19-13-21(29)8-11-25(19)33-22/h2-14,18H,15-17H2,1H3. The van der Waals surface area contributed by atoms with Crippen LogP contribution in [0.4, 0.5) is 17.6 Å². The topological polar surface area (TPSA) is 65.5 Å². The number of aromatic nitrogens is 1. The third kappa shape index (κ3) is 4.92. The van der Waals surface area contributed by atoms with Crippen molar-refractivity contribution in [1.82, 2.24) is 4.98 Å². The zero-order valence-corrected chi connectivity index (χ0v) is 21.0. The van der Waals surface area contributed by atoms with Crippen molar-refractivity contribution in [3.05, 3.63) is 102 Å². The van der Waals surface area contributed by atoms with Crippen molar-refractivity contribution in [2.24, 2.45) is 5.92 Å². The molecule has 3 aromatic carbocycles. The number of hydrogen-bond acceptors (Lipinski definition) is 5. The lowest BCUT2D eigenvalue weighted by Gasteiger charge is -2.48. The van der Waals surface area contributed by atoms with Crippen molar-refractivity contribution < 1.29 is 34.9 Å². The summed E-state index contributed by atoms with van der Waals surface area (Å²) >= 11 is 0.